The molecule has 3 fully saturated rings. The number of hydrogen-bond donors (Lipinski definition) is 1. The molecule has 0 radical (unpaired) electrons. The van der Waals surface area contributed by atoms with Crippen LogP contribution in [0, 0.1) is 34.5 Å². The van der Waals surface area contributed by atoms with E-state index in [1.165, 1.54) is 50.5 Å². The molecule has 0 spiro atoms. The molecular formula is C25H34O. The van der Waals surface area contributed by atoms with E-state index in [1.807, 2.05) is 0 Å². The summed E-state index contributed by atoms with van der Waals surface area (Å²) in [4.78, 5) is 0. The van der Waals surface area contributed by atoms with Crippen molar-refractivity contribution in [3.8, 4) is 0 Å². The molecule has 4 aliphatic carbocycles. The number of aliphatic hydroxyl groups is 1. The molecule has 26 heavy (non-hydrogen) atoms. The molecule has 1 N–H and O–H groups in total. The summed E-state index contributed by atoms with van der Waals surface area (Å²) >= 11 is 0. The third kappa shape index (κ3) is 2.32. The molecule has 5 rings (SSSR count). The summed E-state index contributed by atoms with van der Waals surface area (Å²) in [5.41, 5.74) is 3.72. The number of hydrogen-bond acceptors (Lipinski definition) is 1. The summed E-state index contributed by atoms with van der Waals surface area (Å²) in [7, 11) is 0. The van der Waals surface area contributed by atoms with Gasteiger partial charge in [-0.15, -0.1) is 0 Å². The van der Waals surface area contributed by atoms with Crippen LogP contribution in [0.5, 0.6) is 0 Å². The van der Waals surface area contributed by atoms with Crippen LogP contribution in [0.2, 0.25) is 0 Å². The second-order valence-electron chi connectivity index (χ2n) is 10.3. The van der Waals surface area contributed by atoms with E-state index in [2.05, 4.69) is 50.3 Å². The smallest absolute Gasteiger partial charge is 0.0596 e. The largest absolute Gasteiger partial charge is 0.393 e. The van der Waals surface area contributed by atoms with Gasteiger partial charge in [-0.25, -0.2) is 0 Å². The molecule has 0 unspecified atom stereocenters. The van der Waals surface area contributed by atoms with Crippen molar-refractivity contribution in [3.05, 3.63) is 42.0 Å². The molecule has 4 aliphatic rings. The molecule has 1 aromatic rings. The van der Waals surface area contributed by atoms with Gasteiger partial charge in [0.15, 0.2) is 0 Å². The Morgan fingerprint density at radius 1 is 0.885 bits per heavy atom. The van der Waals surface area contributed by atoms with E-state index < -0.39 is 0 Å². The highest BCUT2D eigenvalue weighted by atomic mass is 16.3. The van der Waals surface area contributed by atoms with Crippen LogP contribution in [-0.4, -0.2) is 11.2 Å². The number of benzene rings is 1. The SMILES string of the molecule is C[C@]12CC=C(c3ccccc3)C[C@H]1CC[C@@H]1[C@H]2CC[C@]2(C)[C@@H](O)CC[C@@H]12. The maximum absolute atomic E-state index is 10.6. The van der Waals surface area contributed by atoms with Crippen molar-refractivity contribution in [3.63, 3.8) is 0 Å². The summed E-state index contributed by atoms with van der Waals surface area (Å²) in [6.07, 6.45) is 12.8. The molecule has 7 atom stereocenters. The zero-order chi connectivity index (χ0) is 17.9. The Bertz CT molecular complexity index is 706. The van der Waals surface area contributed by atoms with Gasteiger partial charge in [0.1, 0.15) is 0 Å². The van der Waals surface area contributed by atoms with Gasteiger partial charge in [0.05, 0.1) is 6.10 Å². The van der Waals surface area contributed by atoms with Crippen LogP contribution in [0.4, 0.5) is 0 Å². The molecule has 140 valence electrons. The summed E-state index contributed by atoms with van der Waals surface area (Å²) < 4.78 is 0. The third-order valence-electron chi connectivity index (χ3n) is 9.41. The van der Waals surface area contributed by atoms with E-state index in [-0.39, 0.29) is 11.5 Å². The minimum atomic E-state index is -0.0464. The Morgan fingerprint density at radius 2 is 1.65 bits per heavy atom. The van der Waals surface area contributed by atoms with Gasteiger partial charge < -0.3 is 5.11 Å². The van der Waals surface area contributed by atoms with Gasteiger partial charge in [0.2, 0.25) is 0 Å². The maximum Gasteiger partial charge on any atom is 0.0596 e. The first-order valence-corrected chi connectivity index (χ1v) is 10.9. The Balaban J connectivity index is 1.43. The molecule has 0 heterocycles. The zero-order valence-electron chi connectivity index (χ0n) is 16.5. The standard InChI is InChI=1S/C25H34O/c1-24-14-12-18(17-6-4-3-5-7-17)16-19(24)8-9-20-21-10-11-23(26)25(21,2)15-13-22(20)24/h3-7,12,19-23,26H,8-11,13-16H2,1-2H3/t19-,20+,21+,22-,23+,24+,25+/m1/s1. The number of fused-ring (bicyclic) bond motifs is 5. The highest BCUT2D eigenvalue weighted by Gasteiger charge is 2.59. The average molecular weight is 351 g/mol. The van der Waals surface area contributed by atoms with Gasteiger partial charge >= 0.3 is 0 Å². The Morgan fingerprint density at radius 3 is 2.46 bits per heavy atom. The van der Waals surface area contributed by atoms with Crippen LogP contribution >= 0.6 is 0 Å². The lowest BCUT2D eigenvalue weighted by atomic mass is 9.45. The van der Waals surface area contributed by atoms with E-state index in [9.17, 15) is 5.11 Å². The Hall–Kier alpha value is -1.08. The second-order valence-corrected chi connectivity index (χ2v) is 10.3. The third-order valence-corrected chi connectivity index (χ3v) is 9.41. The van der Waals surface area contributed by atoms with Gasteiger partial charge in [0.25, 0.3) is 0 Å². The minimum Gasteiger partial charge on any atom is -0.393 e. The average Bonchev–Trinajstić information content (AvgIpc) is 2.97. The number of allylic oxidation sites excluding steroid dienone is 2. The van der Waals surface area contributed by atoms with Crippen LogP contribution in [0.15, 0.2) is 36.4 Å². The first kappa shape index (κ1) is 17.0. The fourth-order valence-corrected chi connectivity index (χ4v) is 7.74. The van der Waals surface area contributed by atoms with Crippen molar-refractivity contribution >= 4 is 5.57 Å². The van der Waals surface area contributed by atoms with Crippen LogP contribution in [0.3, 0.4) is 0 Å². The van der Waals surface area contributed by atoms with Crippen LogP contribution < -0.4 is 0 Å². The molecule has 1 nitrogen and oxygen atoms in total. The van der Waals surface area contributed by atoms with Crippen molar-refractivity contribution in [1.82, 2.24) is 0 Å². The predicted octanol–water partition coefficient (Wildman–Crippen LogP) is 6.08. The van der Waals surface area contributed by atoms with Crippen LogP contribution in [-0.2, 0) is 0 Å². The van der Waals surface area contributed by atoms with Gasteiger partial charge in [-0.1, -0.05) is 50.3 Å². The second kappa shape index (κ2) is 5.96. The molecule has 0 saturated heterocycles. The summed E-state index contributed by atoms with van der Waals surface area (Å²) in [6.45, 7) is 5.01. The Labute approximate surface area is 158 Å². The molecule has 0 aliphatic heterocycles. The van der Waals surface area contributed by atoms with Crippen molar-refractivity contribution < 1.29 is 5.11 Å². The normalized spacial score (nSPS) is 47.5. The maximum atomic E-state index is 10.6. The highest BCUT2D eigenvalue weighted by molar-refractivity contribution is 5.66. The molecule has 0 amide bonds. The van der Waals surface area contributed by atoms with Crippen molar-refractivity contribution in [2.24, 2.45) is 34.5 Å². The van der Waals surface area contributed by atoms with Crippen molar-refractivity contribution in [2.45, 2.75) is 71.3 Å². The van der Waals surface area contributed by atoms with E-state index >= 15 is 0 Å². The van der Waals surface area contributed by atoms with E-state index in [1.54, 1.807) is 5.57 Å². The summed E-state index contributed by atoms with van der Waals surface area (Å²) in [5, 5.41) is 10.6. The molecule has 1 aromatic carbocycles. The van der Waals surface area contributed by atoms with E-state index in [0.29, 0.717) is 5.41 Å². The van der Waals surface area contributed by atoms with Crippen molar-refractivity contribution in [1.29, 1.82) is 0 Å². The lowest BCUT2D eigenvalue weighted by Gasteiger charge is -2.59. The first-order valence-electron chi connectivity index (χ1n) is 10.9. The van der Waals surface area contributed by atoms with Gasteiger partial charge in [0, 0.05) is 0 Å². The monoisotopic (exact) mass is 350 g/mol. The summed E-state index contributed by atoms with van der Waals surface area (Å²) in [6, 6.07) is 11.0. The zero-order valence-corrected chi connectivity index (χ0v) is 16.5. The fraction of sp³-hybridized carbons (Fsp3) is 0.680. The Kier molecular flexibility index (Phi) is 3.91. The van der Waals surface area contributed by atoms with E-state index in [0.717, 1.165) is 30.1 Å². The molecule has 0 aromatic heterocycles. The van der Waals surface area contributed by atoms with E-state index in [4.69, 9.17) is 0 Å². The predicted molar refractivity (Wildman–Crippen MR) is 108 cm³/mol. The fourth-order valence-electron chi connectivity index (χ4n) is 7.74. The quantitative estimate of drug-likeness (QED) is 0.650. The minimum absolute atomic E-state index is 0.0464. The van der Waals surface area contributed by atoms with Crippen LogP contribution in [0.1, 0.15) is 70.8 Å². The topological polar surface area (TPSA) is 20.2 Å². The molecule has 0 bridgehead atoms. The molecule has 1 heteroatoms. The number of aliphatic hydroxyl groups excluding tert-OH is 1. The van der Waals surface area contributed by atoms with Crippen LogP contribution in [0.25, 0.3) is 5.57 Å². The lowest BCUT2D eigenvalue weighted by molar-refractivity contribution is -0.108. The van der Waals surface area contributed by atoms with Gasteiger partial charge in [-0.2, -0.15) is 0 Å². The first-order chi connectivity index (χ1) is 12.5. The molecular weight excluding hydrogens is 316 g/mol. The molecule has 3 saturated carbocycles. The summed E-state index contributed by atoms with van der Waals surface area (Å²) in [5.74, 6) is 3.35. The lowest BCUT2D eigenvalue weighted by Crippen LogP contribution is -2.53. The van der Waals surface area contributed by atoms with Gasteiger partial charge in [-0.3, -0.25) is 0 Å². The van der Waals surface area contributed by atoms with Crippen molar-refractivity contribution in [2.75, 3.05) is 0 Å². The number of rotatable bonds is 1. The van der Waals surface area contributed by atoms with Gasteiger partial charge in [-0.05, 0) is 97.0 Å². The highest BCUT2D eigenvalue weighted by Crippen LogP contribution is 2.66.